The maximum atomic E-state index is 11.7. The van der Waals surface area contributed by atoms with Crippen LogP contribution < -0.4 is 0 Å². The average molecular weight is 1050 g/mol. The molecule has 0 N–H and O–H groups in total. The summed E-state index contributed by atoms with van der Waals surface area (Å²) in [7, 11) is 0. The van der Waals surface area contributed by atoms with Crippen molar-refractivity contribution in [2.75, 3.05) is 0 Å². The van der Waals surface area contributed by atoms with Crippen molar-refractivity contribution in [2.45, 2.75) is 6.92 Å². The zero-order chi connectivity index (χ0) is 57.6. The molecule has 0 unspecified atom stereocenters. The van der Waals surface area contributed by atoms with Crippen molar-refractivity contribution < 1.29 is 0 Å². The van der Waals surface area contributed by atoms with Crippen molar-refractivity contribution in [3.63, 3.8) is 0 Å². The van der Waals surface area contributed by atoms with Gasteiger partial charge in [-0.2, -0.15) is 31.6 Å². The van der Waals surface area contributed by atoms with E-state index in [1.165, 1.54) is 24.3 Å². The molecule has 10 aromatic carbocycles. The molecule has 0 radical (unpaired) electrons. The van der Waals surface area contributed by atoms with Crippen molar-refractivity contribution in [1.82, 2.24) is 9.13 Å². The standard InChI is InChI=1S/C71H32N12/c1-41-14-42(35-72)20-55(15-41)65-34-66(82-67-29-47(51-16-43(36-73)21-57(25-51)78-2)6-10-61(67)62-11-7-48(30-68(62)82)52-17-44(37-74)22-58(26-52)79-3)56(40-77)33-71(65)83-69-31-49(53-18-45(38-75)23-59(27-53)80-4)8-12-63(69)64-13-9-50(32-70(64)83)54-19-46(39-76)24-60(28-54)81-5/h6-34H,1H3. The van der Waals surface area contributed by atoms with Gasteiger partial charge >= 0.3 is 0 Å². The Morgan fingerprint density at radius 1 is 0.301 bits per heavy atom. The Morgan fingerprint density at radius 3 is 0.928 bits per heavy atom. The molecule has 83 heavy (non-hydrogen) atoms. The van der Waals surface area contributed by atoms with E-state index in [4.69, 9.17) is 26.3 Å². The molecule has 0 aliphatic rings. The highest BCUT2D eigenvalue weighted by Gasteiger charge is 2.24. The number of nitrogens with zero attached hydrogens (tertiary/aromatic N) is 12. The van der Waals surface area contributed by atoms with Crippen LogP contribution in [0.2, 0.25) is 0 Å². The first kappa shape index (κ1) is 50.5. The minimum absolute atomic E-state index is 0.240. The molecule has 12 heteroatoms. The highest BCUT2D eigenvalue weighted by molar-refractivity contribution is 6.13. The largest absolute Gasteiger partial charge is 0.309 e. The molecule has 0 saturated carbocycles. The number of aromatic nitrogens is 2. The van der Waals surface area contributed by atoms with Gasteiger partial charge in [0.05, 0.1) is 101 Å². The first-order valence-electron chi connectivity index (χ1n) is 25.5. The monoisotopic (exact) mass is 1050 g/mol. The summed E-state index contributed by atoms with van der Waals surface area (Å²) >= 11 is 0. The number of fused-ring (bicyclic) bond motifs is 6. The average Bonchev–Trinajstić information content (AvgIpc) is 3.97. The quantitative estimate of drug-likeness (QED) is 0.144. The molecule has 0 bridgehead atoms. The second-order valence-electron chi connectivity index (χ2n) is 19.8. The Bertz CT molecular complexity index is 4970. The van der Waals surface area contributed by atoms with E-state index in [1.54, 1.807) is 60.7 Å². The molecule has 0 atom stereocenters. The Balaban J connectivity index is 1.23. The van der Waals surface area contributed by atoms with Crippen LogP contribution in [0.25, 0.3) is 130 Å². The molecule has 0 aliphatic carbocycles. The second-order valence-corrected chi connectivity index (χ2v) is 19.8. The predicted molar refractivity (Wildman–Crippen MR) is 320 cm³/mol. The molecule has 0 saturated heterocycles. The van der Waals surface area contributed by atoms with Crippen LogP contribution in [0, 0.1) is 101 Å². The number of nitriles is 6. The third-order valence-corrected chi connectivity index (χ3v) is 14.8. The maximum absolute atomic E-state index is 11.7. The first-order chi connectivity index (χ1) is 40.5. The Hall–Kier alpha value is -13.3. The predicted octanol–water partition coefficient (Wildman–Crippen LogP) is 18.0. The number of rotatable bonds is 7. The van der Waals surface area contributed by atoms with E-state index < -0.39 is 0 Å². The summed E-state index contributed by atoms with van der Waals surface area (Å²) in [5.41, 5.74) is 14.3. The first-order valence-corrected chi connectivity index (χ1v) is 25.5. The minimum Gasteiger partial charge on any atom is -0.309 e. The van der Waals surface area contributed by atoms with Gasteiger partial charge in [0.1, 0.15) is 6.07 Å². The fourth-order valence-electron chi connectivity index (χ4n) is 11.2. The number of benzene rings is 10. The van der Waals surface area contributed by atoms with Crippen molar-refractivity contribution >= 4 is 66.4 Å². The highest BCUT2D eigenvalue weighted by atomic mass is 15.0. The van der Waals surface area contributed by atoms with Crippen molar-refractivity contribution in [2.24, 2.45) is 0 Å². The summed E-state index contributed by atoms with van der Waals surface area (Å²) in [5.74, 6) is 0. The van der Waals surface area contributed by atoms with Gasteiger partial charge in [-0.15, -0.1) is 0 Å². The van der Waals surface area contributed by atoms with E-state index >= 15 is 0 Å². The van der Waals surface area contributed by atoms with Gasteiger partial charge in [-0.3, -0.25) is 0 Å². The molecule has 2 aromatic heterocycles. The number of hydrogen-bond donors (Lipinski definition) is 0. The SMILES string of the molecule is [C-]#[N+]c1cc(C#N)cc(-c2ccc3c4ccc(-c5cc(C#N)cc([N+]#[C-])c5)cc4n(-c4cc(-c5cc(C)cc(C#N)c5)c(-n5c6cc(-c7cc(C#N)cc([N+]#[C-])c7)ccc6c6ccc(-c7cc(C#N)cc([N+]#[C-])c7)cc65)cc4C#N)c3c2)c1. The van der Waals surface area contributed by atoms with Gasteiger partial charge in [0.15, 0.2) is 22.7 Å². The summed E-state index contributed by atoms with van der Waals surface area (Å²) in [6.45, 7) is 33.3. The molecule has 376 valence electrons. The fourth-order valence-corrected chi connectivity index (χ4v) is 11.2. The lowest BCUT2D eigenvalue weighted by Gasteiger charge is -2.20. The second kappa shape index (κ2) is 20.2. The summed E-state index contributed by atoms with van der Waals surface area (Å²) in [5, 5.41) is 65.8. The molecule has 0 spiro atoms. The van der Waals surface area contributed by atoms with Crippen LogP contribution >= 0.6 is 0 Å². The van der Waals surface area contributed by atoms with Crippen molar-refractivity contribution in [3.8, 4) is 103 Å². The summed E-state index contributed by atoms with van der Waals surface area (Å²) in [6, 6.07) is 66.6. The smallest absolute Gasteiger partial charge is 0.189 e. The normalized spacial score (nSPS) is 10.6. The van der Waals surface area contributed by atoms with E-state index in [9.17, 15) is 31.6 Å². The molecule has 12 rings (SSSR count). The lowest BCUT2D eigenvalue weighted by Crippen LogP contribution is -2.04. The summed E-state index contributed by atoms with van der Waals surface area (Å²) in [6.07, 6.45) is 0. The highest BCUT2D eigenvalue weighted by Crippen LogP contribution is 2.45. The molecule has 0 fully saturated rings. The van der Waals surface area contributed by atoms with Crippen LogP contribution in [0.3, 0.4) is 0 Å². The molecule has 0 amide bonds. The van der Waals surface area contributed by atoms with Gasteiger partial charge in [-0.05, 0) is 184 Å². The van der Waals surface area contributed by atoms with E-state index in [0.717, 1.165) is 27.1 Å². The van der Waals surface area contributed by atoms with E-state index in [-0.39, 0.29) is 5.56 Å². The minimum atomic E-state index is 0.240. The Morgan fingerprint density at radius 2 is 0.614 bits per heavy atom. The Labute approximate surface area is 475 Å². The van der Waals surface area contributed by atoms with E-state index in [0.29, 0.717) is 140 Å². The van der Waals surface area contributed by atoms with Crippen LogP contribution in [0.1, 0.15) is 38.9 Å². The van der Waals surface area contributed by atoms with E-state index in [1.807, 2.05) is 102 Å². The maximum Gasteiger partial charge on any atom is 0.189 e. The van der Waals surface area contributed by atoms with Crippen molar-refractivity contribution in [1.29, 1.82) is 31.6 Å². The van der Waals surface area contributed by atoms with Crippen LogP contribution in [0.5, 0.6) is 0 Å². The van der Waals surface area contributed by atoms with Gasteiger partial charge in [0.2, 0.25) is 0 Å². The Kier molecular flexibility index (Phi) is 12.3. The van der Waals surface area contributed by atoms with Gasteiger partial charge in [0, 0.05) is 49.4 Å². The molecular weight excluding hydrogens is 1020 g/mol. The molecular formula is C71H32N12. The lowest BCUT2D eigenvalue weighted by molar-refractivity contribution is 1.14. The zero-order valence-corrected chi connectivity index (χ0v) is 43.6. The van der Waals surface area contributed by atoms with Crippen molar-refractivity contribution in [3.05, 3.63) is 261 Å². The third-order valence-electron chi connectivity index (χ3n) is 14.8. The molecule has 12 nitrogen and oxygen atoms in total. The van der Waals surface area contributed by atoms with Gasteiger partial charge < -0.3 is 9.13 Å². The third kappa shape index (κ3) is 8.77. The molecule has 2 heterocycles. The lowest BCUT2D eigenvalue weighted by atomic mass is 9.96. The molecule has 12 aromatic rings. The fraction of sp³-hybridized carbons (Fsp3) is 0.0141. The number of aryl methyl sites for hydroxylation is 1. The van der Waals surface area contributed by atoms with E-state index in [2.05, 4.69) is 60.4 Å². The zero-order valence-electron chi connectivity index (χ0n) is 43.6. The van der Waals surface area contributed by atoms with Crippen LogP contribution in [-0.4, -0.2) is 9.13 Å². The summed E-state index contributed by atoms with van der Waals surface area (Å²) in [4.78, 5) is 14.6. The van der Waals surface area contributed by atoms with Gasteiger partial charge in [-0.25, -0.2) is 19.4 Å². The van der Waals surface area contributed by atoms with Crippen LogP contribution in [0.4, 0.5) is 22.7 Å². The topological polar surface area (TPSA) is 170 Å². The van der Waals surface area contributed by atoms with Crippen LogP contribution in [-0.2, 0) is 0 Å². The van der Waals surface area contributed by atoms with Gasteiger partial charge in [-0.1, -0.05) is 54.6 Å². The van der Waals surface area contributed by atoms with Crippen LogP contribution in [0.15, 0.2) is 176 Å². The molecule has 0 aliphatic heterocycles. The summed E-state index contributed by atoms with van der Waals surface area (Å²) < 4.78 is 4.07. The number of hydrogen-bond acceptors (Lipinski definition) is 6. The van der Waals surface area contributed by atoms with Gasteiger partial charge in [0.25, 0.3) is 0 Å².